The van der Waals surface area contributed by atoms with Crippen LogP contribution in [0.4, 0.5) is 4.39 Å². The summed E-state index contributed by atoms with van der Waals surface area (Å²) in [5.41, 5.74) is 1.34. The molecule has 0 spiro atoms. The summed E-state index contributed by atoms with van der Waals surface area (Å²) in [7, 11) is 0. The minimum Gasteiger partial charge on any atom is -0.304 e. The molecule has 1 aromatic carbocycles. The Bertz CT molecular complexity index is 563. The Morgan fingerprint density at radius 3 is 2.79 bits per heavy atom. The first-order valence-corrected chi connectivity index (χ1v) is 6.48. The summed E-state index contributed by atoms with van der Waals surface area (Å²) < 4.78 is 13.4. The molecule has 0 aliphatic rings. The highest BCUT2D eigenvalue weighted by Crippen LogP contribution is 2.32. The predicted molar refractivity (Wildman–Crippen MR) is 73.7 cm³/mol. The average Bonchev–Trinajstić information content (AvgIpc) is 2.42. The van der Waals surface area contributed by atoms with Gasteiger partial charge < -0.3 is 5.32 Å². The fraction of sp³-hybridized carbons (Fsp3) is 0.231. The predicted octanol–water partition coefficient (Wildman–Crippen LogP) is 3.77. The summed E-state index contributed by atoms with van der Waals surface area (Å²) in [6.07, 6.45) is 1.60. The van der Waals surface area contributed by atoms with Crippen LogP contribution in [0.5, 0.6) is 0 Å². The molecule has 1 unspecified atom stereocenters. The highest BCUT2D eigenvalue weighted by molar-refractivity contribution is 6.36. The van der Waals surface area contributed by atoms with Crippen molar-refractivity contribution in [1.29, 1.82) is 0 Å². The van der Waals surface area contributed by atoms with Crippen LogP contribution < -0.4 is 5.32 Å². The molecule has 0 aliphatic heterocycles. The van der Waals surface area contributed by atoms with Gasteiger partial charge in [0.05, 0.1) is 10.7 Å². The first-order chi connectivity index (χ1) is 9.09. The van der Waals surface area contributed by atoms with E-state index in [1.54, 1.807) is 12.3 Å². The molecule has 2 rings (SSSR count). The highest BCUT2D eigenvalue weighted by atomic mass is 35.5. The van der Waals surface area contributed by atoms with Gasteiger partial charge in [0.25, 0.3) is 0 Å². The van der Waals surface area contributed by atoms with Crippen molar-refractivity contribution in [2.24, 2.45) is 0 Å². The van der Waals surface area contributed by atoms with Crippen molar-refractivity contribution in [3.8, 4) is 0 Å². The largest absolute Gasteiger partial charge is 0.304 e. The Kier molecular flexibility index (Phi) is 4.69. The second-order valence-corrected chi connectivity index (χ2v) is 4.86. The van der Waals surface area contributed by atoms with Crippen LogP contribution >= 0.6 is 23.2 Å². The molecule has 100 valence electrons. The van der Waals surface area contributed by atoms with E-state index in [1.165, 1.54) is 12.1 Å². The zero-order chi connectivity index (χ0) is 13.8. The molecule has 0 aliphatic carbocycles. The summed E-state index contributed by atoms with van der Waals surface area (Å²) in [6.45, 7) is 2.36. The lowest BCUT2D eigenvalue weighted by molar-refractivity contribution is 0.557. The maximum atomic E-state index is 13.4. The average molecular weight is 300 g/mol. The first kappa shape index (κ1) is 14.2. The summed E-state index contributed by atoms with van der Waals surface area (Å²) in [5, 5.41) is 11.4. The van der Waals surface area contributed by atoms with Gasteiger partial charge in [0, 0.05) is 29.4 Å². The molecule has 0 fully saturated rings. The van der Waals surface area contributed by atoms with E-state index >= 15 is 0 Å². The molecule has 0 amide bonds. The molecule has 1 heterocycles. The third kappa shape index (κ3) is 3.41. The third-order valence-corrected chi connectivity index (χ3v) is 3.44. The number of hydrogen-bond acceptors (Lipinski definition) is 3. The van der Waals surface area contributed by atoms with Crippen LogP contribution in [0.1, 0.15) is 24.2 Å². The van der Waals surface area contributed by atoms with E-state index in [9.17, 15) is 4.39 Å². The van der Waals surface area contributed by atoms with E-state index in [1.807, 2.05) is 13.0 Å². The van der Waals surface area contributed by atoms with Crippen molar-refractivity contribution in [3.05, 3.63) is 57.6 Å². The number of benzene rings is 1. The quantitative estimate of drug-likeness (QED) is 0.873. The van der Waals surface area contributed by atoms with Crippen LogP contribution in [0, 0.1) is 5.82 Å². The molecular formula is C13H12Cl2FN3. The molecule has 1 N–H and O–H groups in total. The summed E-state index contributed by atoms with van der Waals surface area (Å²) in [4.78, 5) is 0. The molecule has 1 atom stereocenters. The van der Waals surface area contributed by atoms with Crippen LogP contribution in [0.15, 0.2) is 30.5 Å². The van der Waals surface area contributed by atoms with Crippen molar-refractivity contribution >= 4 is 23.2 Å². The van der Waals surface area contributed by atoms with Gasteiger partial charge in [-0.25, -0.2) is 4.39 Å². The Labute approximate surface area is 120 Å². The highest BCUT2D eigenvalue weighted by Gasteiger charge is 2.16. The molecule has 0 saturated carbocycles. The van der Waals surface area contributed by atoms with Gasteiger partial charge in [-0.2, -0.15) is 10.2 Å². The van der Waals surface area contributed by atoms with Gasteiger partial charge in [-0.3, -0.25) is 0 Å². The van der Waals surface area contributed by atoms with Gasteiger partial charge in [-0.15, -0.1) is 0 Å². The molecule has 3 nitrogen and oxygen atoms in total. The third-order valence-electron chi connectivity index (χ3n) is 2.73. The van der Waals surface area contributed by atoms with Crippen LogP contribution in [-0.2, 0) is 6.54 Å². The number of hydrogen-bond donors (Lipinski definition) is 1. The molecule has 6 heteroatoms. The minimum absolute atomic E-state index is 0.0478. The first-order valence-electron chi connectivity index (χ1n) is 5.73. The van der Waals surface area contributed by atoms with Crippen LogP contribution in [0.3, 0.4) is 0 Å². The lowest BCUT2D eigenvalue weighted by Gasteiger charge is -2.17. The van der Waals surface area contributed by atoms with Gasteiger partial charge >= 0.3 is 0 Å². The summed E-state index contributed by atoms with van der Waals surface area (Å²) >= 11 is 12.0. The lowest BCUT2D eigenvalue weighted by Crippen LogP contribution is -2.20. The number of nitrogens with zero attached hydrogens (tertiary/aromatic N) is 2. The van der Waals surface area contributed by atoms with Crippen molar-refractivity contribution < 1.29 is 4.39 Å². The van der Waals surface area contributed by atoms with Gasteiger partial charge in [-0.05, 0) is 31.2 Å². The molecule has 2 aromatic rings. The number of rotatable bonds is 4. The van der Waals surface area contributed by atoms with Gasteiger partial charge in [0.15, 0.2) is 0 Å². The van der Waals surface area contributed by atoms with E-state index in [-0.39, 0.29) is 11.1 Å². The van der Waals surface area contributed by atoms with Crippen molar-refractivity contribution in [2.75, 3.05) is 0 Å². The van der Waals surface area contributed by atoms with E-state index in [4.69, 9.17) is 23.2 Å². The van der Waals surface area contributed by atoms with E-state index in [0.717, 1.165) is 5.69 Å². The molecule has 1 aromatic heterocycles. The lowest BCUT2D eigenvalue weighted by atomic mass is 10.1. The van der Waals surface area contributed by atoms with Crippen molar-refractivity contribution in [3.63, 3.8) is 0 Å². The Morgan fingerprint density at radius 2 is 2.11 bits per heavy atom. The normalized spacial score (nSPS) is 12.4. The van der Waals surface area contributed by atoms with E-state index in [0.29, 0.717) is 17.1 Å². The van der Waals surface area contributed by atoms with Crippen LogP contribution in [0.2, 0.25) is 10.0 Å². The second kappa shape index (κ2) is 6.28. The summed E-state index contributed by atoms with van der Waals surface area (Å²) in [5.74, 6) is -0.478. The van der Waals surface area contributed by atoms with Gasteiger partial charge in [0.2, 0.25) is 0 Å². The number of aromatic nitrogens is 2. The molecule has 0 saturated heterocycles. The summed E-state index contributed by atoms with van der Waals surface area (Å²) in [6, 6.07) is 6.21. The topological polar surface area (TPSA) is 37.8 Å². The minimum atomic E-state index is -0.478. The standard InChI is InChI=1S/C13H12Cl2FN3/c1-8(17-7-9-3-2-6-18-19-9)12-10(14)4-5-11(16)13(12)15/h2-6,8,17H,7H2,1H3. The van der Waals surface area contributed by atoms with Crippen LogP contribution in [-0.4, -0.2) is 10.2 Å². The smallest absolute Gasteiger partial charge is 0.142 e. The van der Waals surface area contributed by atoms with Crippen molar-refractivity contribution in [2.45, 2.75) is 19.5 Å². The van der Waals surface area contributed by atoms with Crippen LogP contribution in [0.25, 0.3) is 0 Å². The SMILES string of the molecule is CC(NCc1cccnn1)c1c(Cl)ccc(F)c1Cl. The fourth-order valence-electron chi connectivity index (χ4n) is 1.73. The Hall–Kier alpha value is -1.23. The fourth-order valence-corrected chi connectivity index (χ4v) is 2.43. The maximum Gasteiger partial charge on any atom is 0.142 e. The van der Waals surface area contributed by atoms with E-state index in [2.05, 4.69) is 15.5 Å². The van der Waals surface area contributed by atoms with Gasteiger partial charge in [0.1, 0.15) is 5.82 Å². The monoisotopic (exact) mass is 299 g/mol. The van der Waals surface area contributed by atoms with Gasteiger partial charge in [-0.1, -0.05) is 23.2 Å². The maximum absolute atomic E-state index is 13.4. The Morgan fingerprint density at radius 1 is 1.32 bits per heavy atom. The zero-order valence-electron chi connectivity index (χ0n) is 10.2. The molecule has 19 heavy (non-hydrogen) atoms. The Balaban J connectivity index is 2.12. The number of nitrogens with one attached hydrogen (secondary N) is 1. The van der Waals surface area contributed by atoms with Crippen molar-refractivity contribution in [1.82, 2.24) is 15.5 Å². The molecular weight excluding hydrogens is 288 g/mol. The molecule has 0 bridgehead atoms. The number of halogens is 3. The zero-order valence-corrected chi connectivity index (χ0v) is 11.7. The van der Waals surface area contributed by atoms with E-state index < -0.39 is 5.82 Å². The second-order valence-electron chi connectivity index (χ2n) is 4.07. The molecule has 0 radical (unpaired) electrons.